The van der Waals surface area contributed by atoms with Crippen LogP contribution < -0.4 is 0 Å². The van der Waals surface area contributed by atoms with Gasteiger partial charge in [-0.25, -0.2) is 4.79 Å². The van der Waals surface area contributed by atoms with Gasteiger partial charge in [0.1, 0.15) is 6.04 Å². The third-order valence-corrected chi connectivity index (χ3v) is 3.37. The van der Waals surface area contributed by atoms with E-state index in [1.165, 1.54) is 12.0 Å². The van der Waals surface area contributed by atoms with E-state index in [9.17, 15) is 14.7 Å². The average Bonchev–Trinajstić information content (AvgIpc) is 2.71. The Morgan fingerprint density at radius 3 is 2.47 bits per heavy atom. The molecule has 1 aliphatic heterocycles. The van der Waals surface area contributed by atoms with Gasteiger partial charge in [-0.15, -0.1) is 0 Å². The summed E-state index contributed by atoms with van der Waals surface area (Å²) >= 11 is 0. The van der Waals surface area contributed by atoms with E-state index >= 15 is 0 Å². The Bertz CT molecular complexity index is 288. The number of hydrogen-bond acceptors (Lipinski definition) is 4. The van der Waals surface area contributed by atoms with Crippen LogP contribution in [0.5, 0.6) is 0 Å². The Kier molecular flexibility index (Phi) is 4.93. The van der Waals surface area contributed by atoms with E-state index in [0.717, 1.165) is 12.8 Å². The second-order valence-electron chi connectivity index (χ2n) is 4.43. The van der Waals surface area contributed by atoms with E-state index in [-0.39, 0.29) is 24.8 Å². The zero-order chi connectivity index (χ0) is 13.0. The highest BCUT2D eigenvalue weighted by Crippen LogP contribution is 2.23. The predicted molar refractivity (Wildman–Crippen MR) is 62.2 cm³/mol. The number of amides is 1. The summed E-state index contributed by atoms with van der Waals surface area (Å²) in [5.41, 5.74) is 0. The number of likely N-dealkylation sites (tertiary alicyclic amines) is 1. The minimum absolute atomic E-state index is 0.0537. The number of methoxy groups -OCH3 is 1. The average molecular weight is 243 g/mol. The molecule has 1 heterocycles. The molecule has 1 rings (SSSR count). The maximum atomic E-state index is 12.2. The molecule has 0 spiro atoms. The van der Waals surface area contributed by atoms with E-state index < -0.39 is 18.1 Å². The zero-order valence-electron chi connectivity index (χ0n) is 10.7. The number of rotatable bonds is 4. The third kappa shape index (κ3) is 2.97. The lowest BCUT2D eigenvalue weighted by molar-refractivity contribution is -0.152. The largest absolute Gasteiger partial charge is 0.467 e. The molecule has 1 saturated heterocycles. The van der Waals surface area contributed by atoms with Crippen LogP contribution in [-0.2, 0) is 14.3 Å². The first-order valence-electron chi connectivity index (χ1n) is 6.11. The van der Waals surface area contributed by atoms with Gasteiger partial charge in [0.2, 0.25) is 5.91 Å². The fraction of sp³-hybridized carbons (Fsp3) is 0.833. The Morgan fingerprint density at radius 1 is 1.41 bits per heavy atom. The molecule has 1 fully saturated rings. The summed E-state index contributed by atoms with van der Waals surface area (Å²) in [6.45, 7) is 4.13. The molecule has 17 heavy (non-hydrogen) atoms. The van der Waals surface area contributed by atoms with Crippen molar-refractivity contribution in [3.8, 4) is 0 Å². The molecule has 0 saturated carbocycles. The van der Waals surface area contributed by atoms with E-state index in [2.05, 4.69) is 4.74 Å². The number of carbonyl (C=O) groups excluding carboxylic acids is 2. The van der Waals surface area contributed by atoms with Gasteiger partial charge in [-0.05, 0) is 12.8 Å². The Hall–Kier alpha value is -1.10. The van der Waals surface area contributed by atoms with E-state index in [4.69, 9.17) is 0 Å². The standard InChI is InChI=1S/C12H21NO4/c1-4-8(5-2)11(15)13-7-9(14)6-10(13)12(16)17-3/h8-10,14H,4-7H2,1-3H3. The summed E-state index contributed by atoms with van der Waals surface area (Å²) in [5.74, 6) is -0.574. The maximum absolute atomic E-state index is 12.2. The third-order valence-electron chi connectivity index (χ3n) is 3.37. The molecule has 2 unspecified atom stereocenters. The van der Waals surface area contributed by atoms with Gasteiger partial charge in [-0.2, -0.15) is 0 Å². The molecule has 0 aromatic carbocycles. The first kappa shape index (κ1) is 14.0. The number of ether oxygens (including phenoxy) is 1. The smallest absolute Gasteiger partial charge is 0.328 e. The van der Waals surface area contributed by atoms with Gasteiger partial charge < -0.3 is 14.7 Å². The fourth-order valence-electron chi connectivity index (χ4n) is 2.29. The monoisotopic (exact) mass is 243 g/mol. The first-order valence-corrected chi connectivity index (χ1v) is 6.11. The van der Waals surface area contributed by atoms with Crippen molar-refractivity contribution in [2.24, 2.45) is 5.92 Å². The SMILES string of the molecule is CCC(CC)C(=O)N1CC(O)CC1C(=O)OC. The summed E-state index contributed by atoms with van der Waals surface area (Å²) in [7, 11) is 1.30. The van der Waals surface area contributed by atoms with Crippen molar-refractivity contribution < 1.29 is 19.4 Å². The number of aliphatic hydroxyl groups excluding tert-OH is 1. The minimum atomic E-state index is -0.627. The van der Waals surface area contributed by atoms with Gasteiger partial charge in [0.25, 0.3) is 0 Å². The van der Waals surface area contributed by atoms with Crippen molar-refractivity contribution in [1.82, 2.24) is 4.90 Å². The summed E-state index contributed by atoms with van der Waals surface area (Å²) < 4.78 is 4.67. The number of β-amino-alcohol motifs (C(OH)–C–C–N with tert-alkyl or cyclic N) is 1. The molecule has 0 bridgehead atoms. The number of nitrogens with zero attached hydrogens (tertiary/aromatic N) is 1. The molecule has 5 nitrogen and oxygen atoms in total. The lowest BCUT2D eigenvalue weighted by atomic mass is 10.0. The highest BCUT2D eigenvalue weighted by molar-refractivity contribution is 5.86. The van der Waals surface area contributed by atoms with Crippen LogP contribution in [0.25, 0.3) is 0 Å². The number of esters is 1. The van der Waals surface area contributed by atoms with Crippen LogP contribution in [0, 0.1) is 5.92 Å². The summed E-state index contributed by atoms with van der Waals surface area (Å²) in [6, 6.07) is -0.622. The second kappa shape index (κ2) is 6.00. The molecular weight excluding hydrogens is 222 g/mol. The van der Waals surface area contributed by atoms with Crippen LogP contribution in [0.15, 0.2) is 0 Å². The number of carbonyl (C=O) groups is 2. The molecule has 0 aliphatic carbocycles. The van der Waals surface area contributed by atoms with Crippen LogP contribution in [0.3, 0.4) is 0 Å². The molecule has 0 radical (unpaired) electrons. The molecule has 1 amide bonds. The van der Waals surface area contributed by atoms with Crippen LogP contribution in [0.2, 0.25) is 0 Å². The quantitative estimate of drug-likeness (QED) is 0.733. The molecule has 0 aromatic rings. The lowest BCUT2D eigenvalue weighted by Gasteiger charge is -2.26. The summed E-state index contributed by atoms with van der Waals surface area (Å²) in [6.07, 6.45) is 1.14. The van der Waals surface area contributed by atoms with Gasteiger partial charge in [0, 0.05) is 18.9 Å². The van der Waals surface area contributed by atoms with Gasteiger partial charge in [0.05, 0.1) is 13.2 Å². The van der Waals surface area contributed by atoms with Gasteiger partial charge in [-0.3, -0.25) is 4.79 Å². The van der Waals surface area contributed by atoms with E-state index in [1.54, 1.807) is 0 Å². The highest BCUT2D eigenvalue weighted by atomic mass is 16.5. The topological polar surface area (TPSA) is 66.8 Å². The van der Waals surface area contributed by atoms with Crippen molar-refractivity contribution in [2.75, 3.05) is 13.7 Å². The minimum Gasteiger partial charge on any atom is -0.467 e. The van der Waals surface area contributed by atoms with Crippen LogP contribution in [0.4, 0.5) is 0 Å². The van der Waals surface area contributed by atoms with Crippen molar-refractivity contribution in [3.63, 3.8) is 0 Å². The van der Waals surface area contributed by atoms with Crippen LogP contribution in [0.1, 0.15) is 33.1 Å². The Balaban J connectivity index is 2.79. The normalized spacial score (nSPS) is 24.2. The summed E-state index contributed by atoms with van der Waals surface area (Å²) in [5, 5.41) is 9.59. The Labute approximate surface area is 102 Å². The van der Waals surface area contributed by atoms with Crippen molar-refractivity contribution in [1.29, 1.82) is 0 Å². The van der Waals surface area contributed by atoms with Crippen LogP contribution in [-0.4, -0.2) is 47.7 Å². The molecule has 5 heteroatoms. The fourth-order valence-corrected chi connectivity index (χ4v) is 2.29. The number of hydrogen-bond donors (Lipinski definition) is 1. The van der Waals surface area contributed by atoms with Gasteiger partial charge >= 0.3 is 5.97 Å². The number of aliphatic hydroxyl groups is 1. The maximum Gasteiger partial charge on any atom is 0.328 e. The highest BCUT2D eigenvalue weighted by Gasteiger charge is 2.40. The van der Waals surface area contributed by atoms with E-state index in [0.29, 0.717) is 0 Å². The zero-order valence-corrected chi connectivity index (χ0v) is 10.7. The van der Waals surface area contributed by atoms with Crippen molar-refractivity contribution in [3.05, 3.63) is 0 Å². The second-order valence-corrected chi connectivity index (χ2v) is 4.43. The van der Waals surface area contributed by atoms with Gasteiger partial charge in [0.15, 0.2) is 0 Å². The summed E-state index contributed by atoms with van der Waals surface area (Å²) in [4.78, 5) is 25.2. The molecule has 1 aliphatic rings. The van der Waals surface area contributed by atoms with Gasteiger partial charge in [-0.1, -0.05) is 13.8 Å². The molecule has 1 N–H and O–H groups in total. The van der Waals surface area contributed by atoms with Crippen molar-refractivity contribution >= 4 is 11.9 Å². The molecule has 98 valence electrons. The Morgan fingerprint density at radius 2 is 2.00 bits per heavy atom. The molecule has 2 atom stereocenters. The van der Waals surface area contributed by atoms with Crippen LogP contribution >= 0.6 is 0 Å². The van der Waals surface area contributed by atoms with Crippen molar-refractivity contribution in [2.45, 2.75) is 45.3 Å². The first-order chi connectivity index (χ1) is 8.04. The predicted octanol–water partition coefficient (Wildman–Crippen LogP) is 0.557. The molecule has 0 aromatic heterocycles. The van der Waals surface area contributed by atoms with E-state index in [1.807, 2.05) is 13.8 Å². The lowest BCUT2D eigenvalue weighted by Crippen LogP contribution is -2.44. The molecular formula is C12H21NO4.